The maximum Gasteiger partial charge on any atom is 0.173 e. The number of halogens is 1. The van der Waals surface area contributed by atoms with Gasteiger partial charge in [0.15, 0.2) is 5.82 Å². The van der Waals surface area contributed by atoms with Crippen LogP contribution in [-0.4, -0.2) is 56.4 Å². The van der Waals surface area contributed by atoms with Gasteiger partial charge in [-0.3, -0.25) is 4.90 Å². The molecule has 1 fully saturated rings. The first-order valence-corrected chi connectivity index (χ1v) is 11.0. The van der Waals surface area contributed by atoms with Gasteiger partial charge < -0.3 is 10.0 Å². The first-order chi connectivity index (χ1) is 16.2. The summed E-state index contributed by atoms with van der Waals surface area (Å²) in [6.45, 7) is 3.86. The second kappa shape index (κ2) is 9.38. The molecule has 1 aliphatic rings. The fourth-order valence-electron chi connectivity index (χ4n) is 4.34. The Morgan fingerprint density at radius 1 is 0.848 bits per heavy atom. The Kier molecular flexibility index (Phi) is 5.99. The highest BCUT2D eigenvalue weighted by Crippen LogP contribution is 2.29. The second-order valence-electron chi connectivity index (χ2n) is 8.17. The van der Waals surface area contributed by atoms with Crippen molar-refractivity contribution in [1.82, 2.24) is 25.1 Å². The Morgan fingerprint density at radius 2 is 1.55 bits per heavy atom. The van der Waals surface area contributed by atoms with Gasteiger partial charge in [0.2, 0.25) is 0 Å². The van der Waals surface area contributed by atoms with Crippen LogP contribution < -0.4 is 4.90 Å². The van der Waals surface area contributed by atoms with E-state index in [0.717, 1.165) is 48.8 Å². The SMILES string of the molecule is Oc1ccc(N2CCN([C@@H](c3ccccc3)c3nnnn3Cc3ccc(F)cc3)CC2)cc1. The van der Waals surface area contributed by atoms with Gasteiger partial charge in [-0.05, 0) is 58.0 Å². The summed E-state index contributed by atoms with van der Waals surface area (Å²) in [4.78, 5) is 4.72. The third kappa shape index (κ3) is 4.70. The molecule has 0 spiro atoms. The van der Waals surface area contributed by atoms with E-state index in [1.165, 1.54) is 12.1 Å². The average molecular weight is 445 g/mol. The van der Waals surface area contributed by atoms with E-state index < -0.39 is 0 Å². The fourth-order valence-corrected chi connectivity index (χ4v) is 4.34. The number of anilines is 1. The molecule has 0 amide bonds. The summed E-state index contributed by atoms with van der Waals surface area (Å²) in [6, 6.07) is 23.9. The Morgan fingerprint density at radius 3 is 2.24 bits per heavy atom. The predicted octanol–water partition coefficient (Wildman–Crippen LogP) is 3.48. The van der Waals surface area contributed by atoms with E-state index in [1.54, 1.807) is 28.9 Å². The number of phenolic OH excluding ortho intramolecular Hbond substituents is 1. The molecule has 5 rings (SSSR count). The molecule has 8 heteroatoms. The number of piperazine rings is 1. The third-order valence-electron chi connectivity index (χ3n) is 6.06. The first-order valence-electron chi connectivity index (χ1n) is 11.0. The van der Waals surface area contributed by atoms with E-state index in [4.69, 9.17) is 0 Å². The molecule has 2 heterocycles. The Labute approximate surface area is 191 Å². The highest BCUT2D eigenvalue weighted by Gasteiger charge is 2.30. The maximum atomic E-state index is 13.3. The van der Waals surface area contributed by atoms with Crippen molar-refractivity contribution in [2.75, 3.05) is 31.1 Å². The molecule has 1 aromatic heterocycles. The van der Waals surface area contributed by atoms with Crippen LogP contribution >= 0.6 is 0 Å². The third-order valence-corrected chi connectivity index (χ3v) is 6.06. The van der Waals surface area contributed by atoms with E-state index in [0.29, 0.717) is 6.54 Å². The number of phenols is 1. The molecule has 0 aliphatic carbocycles. The lowest BCUT2D eigenvalue weighted by Gasteiger charge is -2.40. The minimum atomic E-state index is -0.260. The summed E-state index contributed by atoms with van der Waals surface area (Å²) in [5, 5.41) is 22.2. The van der Waals surface area contributed by atoms with E-state index in [1.807, 2.05) is 30.3 Å². The quantitative estimate of drug-likeness (QED) is 0.491. The predicted molar refractivity (Wildman–Crippen MR) is 123 cm³/mol. The van der Waals surface area contributed by atoms with Crippen molar-refractivity contribution < 1.29 is 9.50 Å². The van der Waals surface area contributed by atoms with Crippen LogP contribution in [0.4, 0.5) is 10.1 Å². The van der Waals surface area contributed by atoms with Crippen molar-refractivity contribution in [1.29, 1.82) is 0 Å². The molecule has 0 radical (unpaired) electrons. The Hall–Kier alpha value is -3.78. The summed E-state index contributed by atoms with van der Waals surface area (Å²) in [7, 11) is 0. The second-order valence-corrected chi connectivity index (χ2v) is 8.17. The van der Waals surface area contributed by atoms with Gasteiger partial charge in [0, 0.05) is 31.9 Å². The van der Waals surface area contributed by atoms with Crippen molar-refractivity contribution in [3.05, 3.63) is 102 Å². The summed E-state index contributed by atoms with van der Waals surface area (Å²) in [5.41, 5.74) is 3.17. The van der Waals surface area contributed by atoms with Crippen molar-refractivity contribution in [2.24, 2.45) is 0 Å². The lowest BCUT2D eigenvalue weighted by atomic mass is 10.0. The lowest BCUT2D eigenvalue weighted by Crippen LogP contribution is -2.48. The maximum absolute atomic E-state index is 13.3. The Balaban J connectivity index is 1.40. The molecule has 0 bridgehead atoms. The van der Waals surface area contributed by atoms with Crippen LogP contribution in [0.25, 0.3) is 0 Å². The smallest absolute Gasteiger partial charge is 0.173 e. The number of nitrogens with zero attached hydrogens (tertiary/aromatic N) is 6. The monoisotopic (exact) mass is 444 g/mol. The number of aromatic nitrogens is 4. The Bertz CT molecular complexity index is 1170. The first kappa shape index (κ1) is 21.1. The summed E-state index contributed by atoms with van der Waals surface area (Å²) in [6.07, 6.45) is 0. The van der Waals surface area contributed by atoms with E-state index in [-0.39, 0.29) is 17.6 Å². The molecule has 1 saturated heterocycles. The minimum absolute atomic E-state index is 0.0939. The summed E-state index contributed by atoms with van der Waals surface area (Å²) in [5.74, 6) is 0.780. The van der Waals surface area contributed by atoms with Gasteiger partial charge in [-0.15, -0.1) is 5.10 Å². The number of tetrazole rings is 1. The highest BCUT2D eigenvalue weighted by molar-refractivity contribution is 5.49. The standard InChI is InChI=1S/C25H25FN6O/c26-21-8-6-19(7-9-21)18-32-25(27-28-29-32)24(20-4-2-1-3-5-20)31-16-14-30(15-17-31)22-10-12-23(33)13-11-22/h1-13,24,33H,14-18H2/t24-/m0/s1. The van der Waals surface area contributed by atoms with Crippen LogP contribution in [0.1, 0.15) is 23.0 Å². The number of aromatic hydroxyl groups is 1. The average Bonchev–Trinajstić information content (AvgIpc) is 3.30. The molecule has 7 nitrogen and oxygen atoms in total. The lowest BCUT2D eigenvalue weighted by molar-refractivity contribution is 0.201. The van der Waals surface area contributed by atoms with E-state index >= 15 is 0 Å². The molecule has 168 valence electrons. The number of benzene rings is 3. The largest absolute Gasteiger partial charge is 0.508 e. The summed E-state index contributed by atoms with van der Waals surface area (Å²) >= 11 is 0. The zero-order valence-electron chi connectivity index (χ0n) is 18.1. The zero-order chi connectivity index (χ0) is 22.6. The molecule has 1 aliphatic heterocycles. The molecule has 3 aromatic carbocycles. The topological polar surface area (TPSA) is 70.3 Å². The molecule has 4 aromatic rings. The van der Waals surface area contributed by atoms with Crippen LogP contribution in [0.5, 0.6) is 5.75 Å². The highest BCUT2D eigenvalue weighted by atomic mass is 19.1. The van der Waals surface area contributed by atoms with Crippen molar-refractivity contribution in [3.8, 4) is 5.75 Å². The molecule has 0 unspecified atom stereocenters. The van der Waals surface area contributed by atoms with Gasteiger partial charge >= 0.3 is 0 Å². The van der Waals surface area contributed by atoms with Gasteiger partial charge in [0.05, 0.1) is 12.6 Å². The molecular weight excluding hydrogens is 419 g/mol. The van der Waals surface area contributed by atoms with Gasteiger partial charge in [-0.25, -0.2) is 9.07 Å². The minimum Gasteiger partial charge on any atom is -0.508 e. The number of hydrogen-bond donors (Lipinski definition) is 1. The number of rotatable bonds is 6. The van der Waals surface area contributed by atoms with Crippen LogP contribution in [-0.2, 0) is 6.54 Å². The fraction of sp³-hybridized carbons (Fsp3) is 0.240. The normalized spacial score (nSPS) is 15.5. The zero-order valence-corrected chi connectivity index (χ0v) is 18.1. The van der Waals surface area contributed by atoms with Crippen molar-refractivity contribution in [2.45, 2.75) is 12.6 Å². The van der Waals surface area contributed by atoms with Crippen molar-refractivity contribution in [3.63, 3.8) is 0 Å². The summed E-state index contributed by atoms with van der Waals surface area (Å²) < 4.78 is 15.1. The van der Waals surface area contributed by atoms with E-state index in [9.17, 15) is 9.50 Å². The van der Waals surface area contributed by atoms with Gasteiger partial charge in [-0.2, -0.15) is 0 Å². The van der Waals surface area contributed by atoms with Gasteiger partial charge in [0.25, 0.3) is 0 Å². The number of hydrogen-bond acceptors (Lipinski definition) is 6. The van der Waals surface area contributed by atoms with Crippen LogP contribution in [0, 0.1) is 5.82 Å². The van der Waals surface area contributed by atoms with E-state index in [2.05, 4.69) is 37.5 Å². The van der Waals surface area contributed by atoms with Crippen LogP contribution in [0.15, 0.2) is 78.9 Å². The molecule has 33 heavy (non-hydrogen) atoms. The molecule has 0 saturated carbocycles. The molecule has 1 N–H and O–H groups in total. The molecular formula is C25H25FN6O. The van der Waals surface area contributed by atoms with Gasteiger partial charge in [0.1, 0.15) is 11.6 Å². The van der Waals surface area contributed by atoms with Crippen molar-refractivity contribution >= 4 is 5.69 Å². The van der Waals surface area contributed by atoms with Crippen LogP contribution in [0.2, 0.25) is 0 Å². The van der Waals surface area contributed by atoms with Crippen LogP contribution in [0.3, 0.4) is 0 Å². The van der Waals surface area contributed by atoms with Gasteiger partial charge in [-0.1, -0.05) is 42.5 Å². The molecule has 1 atom stereocenters.